The molecule has 7 heteroatoms. The lowest BCUT2D eigenvalue weighted by Crippen LogP contribution is -2.35. The summed E-state index contributed by atoms with van der Waals surface area (Å²) in [5.74, 6) is -0.0557. The van der Waals surface area contributed by atoms with E-state index in [1.54, 1.807) is 24.9 Å². The van der Waals surface area contributed by atoms with Crippen molar-refractivity contribution in [1.29, 1.82) is 0 Å². The topological polar surface area (TPSA) is 81.1 Å². The molecular formula is C10H15N3O3S. The first kappa shape index (κ1) is 12.1. The number of rotatable bonds is 2. The van der Waals surface area contributed by atoms with Gasteiger partial charge in [0.05, 0.1) is 22.8 Å². The molecule has 1 amide bonds. The molecule has 2 heterocycles. The normalized spacial score (nSPS) is 22.6. The monoisotopic (exact) mass is 257 g/mol. The van der Waals surface area contributed by atoms with Crippen molar-refractivity contribution in [3.05, 3.63) is 17.5 Å². The first-order valence-electron chi connectivity index (χ1n) is 5.39. The second kappa shape index (κ2) is 4.14. The fourth-order valence-corrected chi connectivity index (χ4v) is 3.67. The Balaban J connectivity index is 2.06. The van der Waals surface area contributed by atoms with Crippen LogP contribution in [0.2, 0.25) is 0 Å². The number of hydrogen-bond donors (Lipinski definition) is 1. The van der Waals surface area contributed by atoms with E-state index >= 15 is 0 Å². The summed E-state index contributed by atoms with van der Waals surface area (Å²) in [6.45, 7) is 1.75. The van der Waals surface area contributed by atoms with Crippen LogP contribution in [0, 0.1) is 6.92 Å². The number of carbonyl (C=O) groups excluding carboxylic acids is 1. The van der Waals surface area contributed by atoms with Crippen LogP contribution in [0.1, 0.15) is 22.5 Å². The molecule has 1 fully saturated rings. The Morgan fingerprint density at radius 1 is 1.59 bits per heavy atom. The molecule has 0 aromatic carbocycles. The highest BCUT2D eigenvalue weighted by atomic mass is 32.2. The molecule has 17 heavy (non-hydrogen) atoms. The van der Waals surface area contributed by atoms with Crippen LogP contribution >= 0.6 is 0 Å². The molecular weight excluding hydrogens is 242 g/mol. The fraction of sp³-hybridized carbons (Fsp3) is 0.600. The molecule has 2 rings (SSSR count). The molecule has 1 N–H and O–H groups in total. The molecule has 1 aromatic rings. The van der Waals surface area contributed by atoms with Gasteiger partial charge in [-0.15, -0.1) is 0 Å². The number of nitrogens with one attached hydrogen (secondary N) is 1. The third-order valence-electron chi connectivity index (χ3n) is 2.83. The molecule has 0 bridgehead atoms. The van der Waals surface area contributed by atoms with E-state index in [0.717, 1.165) is 0 Å². The van der Waals surface area contributed by atoms with E-state index in [-0.39, 0.29) is 23.5 Å². The Hall–Kier alpha value is -1.37. The molecule has 0 saturated carbocycles. The van der Waals surface area contributed by atoms with Gasteiger partial charge in [-0.3, -0.25) is 9.48 Å². The molecule has 1 aliphatic heterocycles. The minimum absolute atomic E-state index is 0.0397. The number of hydrogen-bond acceptors (Lipinski definition) is 4. The predicted octanol–water partition coefficient (Wildman–Crippen LogP) is -0.355. The van der Waals surface area contributed by atoms with Crippen LogP contribution in [0.15, 0.2) is 6.20 Å². The van der Waals surface area contributed by atoms with Gasteiger partial charge in [-0.05, 0) is 13.3 Å². The number of aryl methyl sites for hydroxylation is 2. The maximum atomic E-state index is 11.9. The van der Waals surface area contributed by atoms with Crippen molar-refractivity contribution < 1.29 is 13.2 Å². The summed E-state index contributed by atoms with van der Waals surface area (Å²) in [5.41, 5.74) is 1.14. The van der Waals surface area contributed by atoms with Crippen molar-refractivity contribution in [3.63, 3.8) is 0 Å². The highest BCUT2D eigenvalue weighted by Crippen LogP contribution is 2.13. The van der Waals surface area contributed by atoms with Crippen LogP contribution in [-0.2, 0) is 16.9 Å². The van der Waals surface area contributed by atoms with Crippen molar-refractivity contribution in [3.8, 4) is 0 Å². The SMILES string of the molecule is Cc1nn(C)cc1C(=O)NC1CCS(=O)(=O)C1. The highest BCUT2D eigenvalue weighted by Gasteiger charge is 2.29. The first-order chi connectivity index (χ1) is 7.87. The van der Waals surface area contributed by atoms with E-state index in [2.05, 4.69) is 10.4 Å². The zero-order valence-electron chi connectivity index (χ0n) is 9.80. The maximum Gasteiger partial charge on any atom is 0.254 e. The summed E-state index contributed by atoms with van der Waals surface area (Å²) >= 11 is 0. The zero-order valence-corrected chi connectivity index (χ0v) is 10.6. The number of amides is 1. The lowest BCUT2D eigenvalue weighted by atomic mass is 10.2. The van der Waals surface area contributed by atoms with Crippen molar-refractivity contribution in [1.82, 2.24) is 15.1 Å². The van der Waals surface area contributed by atoms with E-state index in [0.29, 0.717) is 17.7 Å². The van der Waals surface area contributed by atoms with Crippen molar-refractivity contribution in [2.75, 3.05) is 11.5 Å². The third kappa shape index (κ3) is 2.66. The number of sulfone groups is 1. The van der Waals surface area contributed by atoms with Crippen LogP contribution in [0.5, 0.6) is 0 Å². The van der Waals surface area contributed by atoms with Gasteiger partial charge in [0.15, 0.2) is 9.84 Å². The summed E-state index contributed by atoms with van der Waals surface area (Å²) in [4.78, 5) is 11.9. The summed E-state index contributed by atoms with van der Waals surface area (Å²) in [6, 6.07) is -0.271. The van der Waals surface area contributed by atoms with Crippen molar-refractivity contribution in [2.24, 2.45) is 7.05 Å². The van der Waals surface area contributed by atoms with Gasteiger partial charge in [0.2, 0.25) is 0 Å². The molecule has 6 nitrogen and oxygen atoms in total. The van der Waals surface area contributed by atoms with E-state index < -0.39 is 9.84 Å². The van der Waals surface area contributed by atoms with Crippen molar-refractivity contribution in [2.45, 2.75) is 19.4 Å². The van der Waals surface area contributed by atoms with E-state index in [9.17, 15) is 13.2 Å². The molecule has 1 unspecified atom stereocenters. The van der Waals surface area contributed by atoms with Gasteiger partial charge in [0.1, 0.15) is 0 Å². The summed E-state index contributed by atoms with van der Waals surface area (Å²) < 4.78 is 24.1. The Morgan fingerprint density at radius 2 is 2.29 bits per heavy atom. The first-order valence-corrected chi connectivity index (χ1v) is 7.21. The quantitative estimate of drug-likeness (QED) is 0.785. The molecule has 0 radical (unpaired) electrons. The van der Waals surface area contributed by atoms with Crippen molar-refractivity contribution >= 4 is 15.7 Å². The van der Waals surface area contributed by atoms with Gasteiger partial charge in [-0.25, -0.2) is 8.42 Å². The number of carbonyl (C=O) groups is 1. The summed E-state index contributed by atoms with van der Waals surface area (Å²) in [6.07, 6.45) is 2.13. The van der Waals surface area contributed by atoms with Crippen LogP contribution in [0.3, 0.4) is 0 Å². The van der Waals surface area contributed by atoms with E-state index in [4.69, 9.17) is 0 Å². The Kier molecular flexibility index (Phi) is 2.94. The third-order valence-corrected chi connectivity index (χ3v) is 4.59. The minimum atomic E-state index is -2.96. The molecule has 94 valence electrons. The summed E-state index contributed by atoms with van der Waals surface area (Å²) in [7, 11) is -1.22. The fourth-order valence-electron chi connectivity index (χ4n) is 1.99. The Morgan fingerprint density at radius 3 is 2.76 bits per heavy atom. The van der Waals surface area contributed by atoms with Gasteiger partial charge < -0.3 is 5.32 Å². The second-order valence-electron chi connectivity index (χ2n) is 4.38. The van der Waals surface area contributed by atoms with Gasteiger partial charge in [0.25, 0.3) is 5.91 Å². The molecule has 0 spiro atoms. The molecule has 1 saturated heterocycles. The smallest absolute Gasteiger partial charge is 0.254 e. The van der Waals surface area contributed by atoms with Crippen LogP contribution in [0.4, 0.5) is 0 Å². The van der Waals surface area contributed by atoms with Crippen LogP contribution < -0.4 is 5.32 Å². The Labute approximate surface area is 99.9 Å². The highest BCUT2D eigenvalue weighted by molar-refractivity contribution is 7.91. The molecule has 0 aliphatic carbocycles. The average Bonchev–Trinajstić information content (AvgIpc) is 2.69. The van der Waals surface area contributed by atoms with E-state index in [1.165, 1.54) is 0 Å². The number of aromatic nitrogens is 2. The molecule has 1 atom stereocenters. The largest absolute Gasteiger partial charge is 0.348 e. The van der Waals surface area contributed by atoms with Gasteiger partial charge in [-0.2, -0.15) is 5.10 Å². The lowest BCUT2D eigenvalue weighted by Gasteiger charge is -2.09. The van der Waals surface area contributed by atoms with Gasteiger partial charge >= 0.3 is 0 Å². The minimum Gasteiger partial charge on any atom is -0.348 e. The molecule has 1 aliphatic rings. The molecule has 1 aromatic heterocycles. The zero-order chi connectivity index (χ0) is 12.6. The van der Waals surface area contributed by atoms with Gasteiger partial charge in [0, 0.05) is 19.3 Å². The Bertz CT molecular complexity index is 547. The van der Waals surface area contributed by atoms with E-state index in [1.807, 2.05) is 0 Å². The maximum absolute atomic E-state index is 11.9. The standard InChI is InChI=1S/C10H15N3O3S/c1-7-9(5-13(2)12-7)10(14)11-8-3-4-17(15,16)6-8/h5,8H,3-4,6H2,1-2H3,(H,11,14). The summed E-state index contributed by atoms with van der Waals surface area (Å²) in [5, 5.41) is 6.81. The number of nitrogens with zero attached hydrogens (tertiary/aromatic N) is 2. The van der Waals surface area contributed by atoms with Crippen LogP contribution in [-0.4, -0.2) is 41.7 Å². The lowest BCUT2D eigenvalue weighted by molar-refractivity contribution is 0.0940. The van der Waals surface area contributed by atoms with Crippen LogP contribution in [0.25, 0.3) is 0 Å². The predicted molar refractivity (Wildman–Crippen MR) is 62.5 cm³/mol. The average molecular weight is 257 g/mol. The second-order valence-corrected chi connectivity index (χ2v) is 6.60. The van der Waals surface area contributed by atoms with Gasteiger partial charge in [-0.1, -0.05) is 0 Å².